The van der Waals surface area contributed by atoms with Gasteiger partial charge < -0.3 is 15.8 Å². The molecule has 0 saturated heterocycles. The number of hydrogen-bond acceptors (Lipinski definition) is 6. The molecule has 6 heteroatoms. The Kier molecular flexibility index (Phi) is 4.35. The van der Waals surface area contributed by atoms with Gasteiger partial charge in [0.25, 0.3) is 0 Å². The lowest BCUT2D eigenvalue weighted by atomic mass is 10.1. The molecule has 1 heterocycles. The van der Waals surface area contributed by atoms with Gasteiger partial charge in [-0.1, -0.05) is 6.07 Å². The number of esters is 1. The number of ether oxygens (including phenoxy) is 1. The molecule has 1 aromatic carbocycles. The van der Waals surface area contributed by atoms with Crippen molar-refractivity contribution in [2.24, 2.45) is 0 Å². The lowest BCUT2D eigenvalue weighted by Crippen LogP contribution is -2.12. The molecule has 0 radical (unpaired) electrons. The van der Waals surface area contributed by atoms with Crippen molar-refractivity contribution in [3.8, 4) is 0 Å². The van der Waals surface area contributed by atoms with E-state index in [1.54, 1.807) is 35.7 Å². The van der Waals surface area contributed by atoms with Gasteiger partial charge in [0.15, 0.2) is 0 Å². The minimum atomic E-state index is -0.399. The van der Waals surface area contributed by atoms with Gasteiger partial charge >= 0.3 is 5.97 Å². The van der Waals surface area contributed by atoms with Crippen LogP contribution in [-0.4, -0.2) is 24.6 Å². The highest BCUT2D eigenvalue weighted by molar-refractivity contribution is 7.09. The second kappa shape index (κ2) is 6.19. The highest BCUT2D eigenvalue weighted by Gasteiger charge is 2.13. The summed E-state index contributed by atoms with van der Waals surface area (Å²) in [6, 6.07) is 5.17. The number of carbonyl (C=O) groups excluding carboxylic acids is 1. The normalized spacial score (nSPS) is 10.2. The van der Waals surface area contributed by atoms with Crippen LogP contribution in [0.3, 0.4) is 0 Å². The molecule has 0 unspecified atom stereocenters. The third-order valence-corrected chi connectivity index (χ3v) is 3.47. The number of hydrogen-bond donors (Lipinski definition) is 2. The molecule has 3 N–H and O–H groups in total. The summed E-state index contributed by atoms with van der Waals surface area (Å²) in [4.78, 5) is 15.8. The SMILES string of the molecule is COC(=O)c1cccc(N)c1NCCc1nccs1. The van der Waals surface area contributed by atoms with Crippen LogP contribution < -0.4 is 11.1 Å². The van der Waals surface area contributed by atoms with Crippen LogP contribution in [0.2, 0.25) is 0 Å². The Balaban J connectivity index is 2.08. The van der Waals surface area contributed by atoms with E-state index in [4.69, 9.17) is 10.5 Å². The number of benzene rings is 1. The molecule has 0 fully saturated rings. The van der Waals surface area contributed by atoms with E-state index in [0.717, 1.165) is 11.4 Å². The van der Waals surface area contributed by atoms with Gasteiger partial charge in [0.2, 0.25) is 0 Å². The minimum absolute atomic E-state index is 0.399. The second-order valence-corrected chi connectivity index (χ2v) is 4.84. The largest absolute Gasteiger partial charge is 0.465 e. The van der Waals surface area contributed by atoms with Gasteiger partial charge in [0.05, 0.1) is 29.1 Å². The first kappa shape index (κ1) is 13.4. The van der Waals surface area contributed by atoms with E-state index in [1.165, 1.54) is 7.11 Å². The van der Waals surface area contributed by atoms with Gasteiger partial charge in [-0.15, -0.1) is 11.3 Å². The zero-order valence-electron chi connectivity index (χ0n) is 10.6. The van der Waals surface area contributed by atoms with E-state index in [9.17, 15) is 4.79 Å². The number of nitrogens with two attached hydrogens (primary N) is 1. The standard InChI is InChI=1S/C13H15N3O2S/c1-18-13(17)9-3-2-4-10(14)12(9)16-6-5-11-15-7-8-19-11/h2-4,7-8,16H,5-6,14H2,1H3. The number of nitrogen functional groups attached to an aromatic ring is 1. The van der Waals surface area contributed by atoms with Crippen LogP contribution in [0.4, 0.5) is 11.4 Å². The molecular weight excluding hydrogens is 262 g/mol. The fraction of sp³-hybridized carbons (Fsp3) is 0.231. The topological polar surface area (TPSA) is 77.2 Å². The summed E-state index contributed by atoms with van der Waals surface area (Å²) in [6.45, 7) is 0.658. The summed E-state index contributed by atoms with van der Waals surface area (Å²) in [5.74, 6) is -0.399. The molecular formula is C13H15N3O2S. The van der Waals surface area contributed by atoms with Gasteiger partial charge in [-0.25, -0.2) is 9.78 Å². The van der Waals surface area contributed by atoms with Gasteiger partial charge in [-0.05, 0) is 12.1 Å². The van der Waals surface area contributed by atoms with Crippen molar-refractivity contribution in [1.29, 1.82) is 0 Å². The van der Waals surface area contributed by atoms with Crippen LogP contribution >= 0.6 is 11.3 Å². The number of rotatable bonds is 5. The predicted octanol–water partition coefficient (Wildman–Crippen LogP) is 2.17. The Hall–Kier alpha value is -2.08. The molecule has 2 aromatic rings. The number of thiazole rings is 1. The monoisotopic (exact) mass is 277 g/mol. The summed E-state index contributed by atoms with van der Waals surface area (Å²) in [7, 11) is 1.35. The first-order chi connectivity index (χ1) is 9.22. The van der Waals surface area contributed by atoms with Crippen molar-refractivity contribution in [2.75, 3.05) is 24.7 Å². The molecule has 2 rings (SSSR count). The highest BCUT2D eigenvalue weighted by atomic mass is 32.1. The van der Waals surface area contributed by atoms with Crippen LogP contribution in [0.5, 0.6) is 0 Å². The molecule has 0 aliphatic rings. The first-order valence-corrected chi connectivity index (χ1v) is 6.69. The average molecular weight is 277 g/mol. The van der Waals surface area contributed by atoms with Crippen molar-refractivity contribution >= 4 is 28.7 Å². The number of para-hydroxylation sites is 1. The quantitative estimate of drug-likeness (QED) is 0.647. The Morgan fingerprint density at radius 1 is 1.53 bits per heavy atom. The van der Waals surface area contributed by atoms with Crippen molar-refractivity contribution in [3.63, 3.8) is 0 Å². The fourth-order valence-corrected chi connectivity index (χ4v) is 2.34. The van der Waals surface area contributed by atoms with E-state index >= 15 is 0 Å². The number of carbonyl (C=O) groups is 1. The average Bonchev–Trinajstić information content (AvgIpc) is 2.93. The lowest BCUT2D eigenvalue weighted by molar-refractivity contribution is 0.0602. The summed E-state index contributed by atoms with van der Waals surface area (Å²) in [5, 5.41) is 6.16. The van der Waals surface area contributed by atoms with Gasteiger partial charge in [-0.2, -0.15) is 0 Å². The molecule has 1 aromatic heterocycles. The molecule has 0 aliphatic heterocycles. The number of aromatic nitrogens is 1. The Morgan fingerprint density at radius 3 is 3.05 bits per heavy atom. The van der Waals surface area contributed by atoms with E-state index in [-0.39, 0.29) is 0 Å². The maximum Gasteiger partial charge on any atom is 0.340 e. The molecule has 0 spiro atoms. The van der Waals surface area contributed by atoms with Crippen LogP contribution in [0.1, 0.15) is 15.4 Å². The third kappa shape index (κ3) is 3.23. The zero-order valence-corrected chi connectivity index (χ0v) is 11.4. The van der Waals surface area contributed by atoms with E-state index in [1.807, 2.05) is 5.38 Å². The Labute approximate surface area is 115 Å². The Bertz CT molecular complexity index is 555. The predicted molar refractivity (Wildman–Crippen MR) is 76.5 cm³/mol. The van der Waals surface area contributed by atoms with Crippen molar-refractivity contribution in [1.82, 2.24) is 4.98 Å². The maximum absolute atomic E-state index is 11.7. The fourth-order valence-electron chi connectivity index (χ4n) is 1.72. The number of anilines is 2. The van der Waals surface area contributed by atoms with Crippen molar-refractivity contribution < 1.29 is 9.53 Å². The van der Waals surface area contributed by atoms with Crippen LogP contribution in [0, 0.1) is 0 Å². The van der Waals surface area contributed by atoms with Gasteiger partial charge in [0.1, 0.15) is 0 Å². The van der Waals surface area contributed by atoms with Crippen LogP contribution in [0.15, 0.2) is 29.8 Å². The molecule has 0 amide bonds. The summed E-state index contributed by atoms with van der Waals surface area (Å²) in [6.07, 6.45) is 2.56. The van der Waals surface area contributed by atoms with Gasteiger partial charge in [0, 0.05) is 24.5 Å². The van der Waals surface area contributed by atoms with Crippen molar-refractivity contribution in [3.05, 3.63) is 40.3 Å². The van der Waals surface area contributed by atoms with E-state index in [2.05, 4.69) is 10.3 Å². The van der Waals surface area contributed by atoms with Crippen molar-refractivity contribution in [2.45, 2.75) is 6.42 Å². The molecule has 0 bridgehead atoms. The molecule has 0 aliphatic carbocycles. The van der Waals surface area contributed by atoms with E-state index in [0.29, 0.717) is 23.5 Å². The highest BCUT2D eigenvalue weighted by Crippen LogP contribution is 2.24. The smallest absolute Gasteiger partial charge is 0.340 e. The van der Waals surface area contributed by atoms with Crippen LogP contribution in [0.25, 0.3) is 0 Å². The van der Waals surface area contributed by atoms with Gasteiger partial charge in [-0.3, -0.25) is 0 Å². The molecule has 0 saturated carbocycles. The molecule has 19 heavy (non-hydrogen) atoms. The van der Waals surface area contributed by atoms with Crippen LogP contribution in [-0.2, 0) is 11.2 Å². The number of nitrogens with zero attached hydrogens (tertiary/aromatic N) is 1. The summed E-state index contributed by atoms with van der Waals surface area (Å²) >= 11 is 1.60. The number of nitrogens with one attached hydrogen (secondary N) is 1. The number of methoxy groups -OCH3 is 1. The maximum atomic E-state index is 11.7. The minimum Gasteiger partial charge on any atom is -0.465 e. The molecule has 0 atom stereocenters. The van der Waals surface area contributed by atoms with E-state index < -0.39 is 5.97 Å². The zero-order chi connectivity index (χ0) is 13.7. The first-order valence-electron chi connectivity index (χ1n) is 5.81. The second-order valence-electron chi connectivity index (χ2n) is 3.86. The molecule has 5 nitrogen and oxygen atoms in total. The Morgan fingerprint density at radius 2 is 2.37 bits per heavy atom. The lowest BCUT2D eigenvalue weighted by Gasteiger charge is -2.12. The third-order valence-electron chi connectivity index (χ3n) is 2.63. The summed E-state index contributed by atoms with van der Waals surface area (Å²) in [5.41, 5.74) is 7.48. The molecule has 100 valence electrons. The summed E-state index contributed by atoms with van der Waals surface area (Å²) < 4.78 is 4.74.